The molecular weight excluding hydrogens is 346 g/mol. The third kappa shape index (κ3) is 3.12. The summed E-state index contributed by atoms with van der Waals surface area (Å²) >= 11 is 5.95. The van der Waals surface area contributed by atoms with E-state index < -0.39 is 31.3 Å². The van der Waals surface area contributed by atoms with Gasteiger partial charge in [-0.15, -0.1) is 11.6 Å². The van der Waals surface area contributed by atoms with E-state index in [9.17, 15) is 16.8 Å². The van der Waals surface area contributed by atoms with Crippen molar-refractivity contribution in [3.63, 3.8) is 0 Å². The van der Waals surface area contributed by atoms with Crippen LogP contribution in [0.5, 0.6) is 0 Å². The molecule has 22 heavy (non-hydrogen) atoms. The number of hydrogen-bond donors (Lipinski definition) is 1. The van der Waals surface area contributed by atoms with Crippen molar-refractivity contribution in [2.24, 2.45) is 0 Å². The van der Waals surface area contributed by atoms with Gasteiger partial charge in [0.2, 0.25) is 10.0 Å². The summed E-state index contributed by atoms with van der Waals surface area (Å²) in [5.74, 6) is -0.479. The average molecular weight is 360 g/mol. The highest BCUT2D eigenvalue weighted by molar-refractivity contribution is 7.92. The number of halogens is 1. The topological polar surface area (TPSA) is 80.3 Å². The predicted molar refractivity (Wildman–Crippen MR) is 86.4 cm³/mol. The SMILES string of the molecule is O=S1(=O)C[C@H](Cl)[C@H](NS(=O)(=O)c2ccc3ccccc3c2)C1. The van der Waals surface area contributed by atoms with Crippen LogP contribution in [0.3, 0.4) is 0 Å². The molecule has 1 heterocycles. The van der Waals surface area contributed by atoms with E-state index in [1.165, 1.54) is 6.07 Å². The molecule has 1 aliphatic rings. The number of alkyl halides is 1. The molecular formula is C14H14ClNO4S2. The molecule has 1 saturated heterocycles. The molecule has 3 rings (SSSR count). The molecule has 0 aromatic heterocycles. The number of fused-ring (bicyclic) bond motifs is 1. The summed E-state index contributed by atoms with van der Waals surface area (Å²) in [6.07, 6.45) is 0. The molecule has 0 spiro atoms. The summed E-state index contributed by atoms with van der Waals surface area (Å²) < 4.78 is 50.3. The van der Waals surface area contributed by atoms with Crippen LogP contribution in [0.4, 0.5) is 0 Å². The Bertz CT molecular complexity index is 925. The highest BCUT2D eigenvalue weighted by Crippen LogP contribution is 2.22. The van der Waals surface area contributed by atoms with Crippen LogP contribution in [0.1, 0.15) is 0 Å². The second-order valence-electron chi connectivity index (χ2n) is 5.33. The molecule has 8 heteroatoms. The van der Waals surface area contributed by atoms with E-state index in [0.29, 0.717) is 0 Å². The predicted octanol–water partition coefficient (Wildman–Crippen LogP) is 1.52. The van der Waals surface area contributed by atoms with Crippen LogP contribution in [0.25, 0.3) is 10.8 Å². The number of hydrogen-bond acceptors (Lipinski definition) is 4. The summed E-state index contributed by atoms with van der Waals surface area (Å²) in [5, 5.41) is 0.979. The fourth-order valence-electron chi connectivity index (χ4n) is 2.51. The van der Waals surface area contributed by atoms with Crippen LogP contribution < -0.4 is 4.72 Å². The van der Waals surface area contributed by atoms with E-state index in [0.717, 1.165) is 10.8 Å². The normalized spacial score (nSPS) is 24.6. The van der Waals surface area contributed by atoms with Crippen molar-refractivity contribution in [3.8, 4) is 0 Å². The quantitative estimate of drug-likeness (QED) is 0.842. The van der Waals surface area contributed by atoms with Crippen LogP contribution in [0.2, 0.25) is 0 Å². The molecule has 0 aliphatic carbocycles. The average Bonchev–Trinajstić information content (AvgIpc) is 2.70. The first-order valence-corrected chi connectivity index (χ1v) is 10.4. The van der Waals surface area contributed by atoms with Crippen LogP contribution >= 0.6 is 11.6 Å². The maximum atomic E-state index is 12.4. The van der Waals surface area contributed by atoms with Crippen molar-refractivity contribution in [1.29, 1.82) is 0 Å². The fraction of sp³-hybridized carbons (Fsp3) is 0.286. The number of benzene rings is 2. The van der Waals surface area contributed by atoms with Crippen molar-refractivity contribution >= 4 is 42.2 Å². The van der Waals surface area contributed by atoms with Gasteiger partial charge in [-0.1, -0.05) is 30.3 Å². The van der Waals surface area contributed by atoms with Gasteiger partial charge in [0.1, 0.15) is 0 Å². The third-order valence-electron chi connectivity index (χ3n) is 3.62. The molecule has 5 nitrogen and oxygen atoms in total. The number of nitrogens with one attached hydrogen (secondary N) is 1. The second-order valence-corrected chi connectivity index (χ2v) is 9.76. The Balaban J connectivity index is 1.92. The standard InChI is InChI=1S/C14H14ClNO4S2/c15-13-8-21(17,18)9-14(13)16-22(19,20)12-6-5-10-3-1-2-4-11(10)7-12/h1-7,13-14,16H,8-9H2/t13-,14+/m0/s1. The summed E-state index contributed by atoms with van der Waals surface area (Å²) in [6.45, 7) is 0. The van der Waals surface area contributed by atoms with Crippen molar-refractivity contribution in [2.75, 3.05) is 11.5 Å². The van der Waals surface area contributed by atoms with Crippen LogP contribution in [-0.4, -0.2) is 39.8 Å². The Kier molecular flexibility index (Phi) is 3.92. The Morgan fingerprint density at radius 2 is 1.73 bits per heavy atom. The van der Waals surface area contributed by atoms with Gasteiger partial charge in [0, 0.05) is 0 Å². The van der Waals surface area contributed by atoms with Gasteiger partial charge in [0.25, 0.3) is 0 Å². The first-order chi connectivity index (χ1) is 10.3. The molecule has 0 unspecified atom stereocenters. The molecule has 2 atom stereocenters. The Morgan fingerprint density at radius 1 is 1.05 bits per heavy atom. The van der Waals surface area contributed by atoms with E-state index in [1.807, 2.05) is 24.3 Å². The van der Waals surface area contributed by atoms with Gasteiger partial charge < -0.3 is 0 Å². The van der Waals surface area contributed by atoms with Crippen molar-refractivity contribution < 1.29 is 16.8 Å². The molecule has 1 N–H and O–H groups in total. The highest BCUT2D eigenvalue weighted by Gasteiger charge is 2.38. The van der Waals surface area contributed by atoms with E-state index in [-0.39, 0.29) is 16.4 Å². The minimum Gasteiger partial charge on any atom is -0.229 e. The zero-order chi connectivity index (χ0) is 16.0. The van der Waals surface area contributed by atoms with Gasteiger partial charge in [-0.05, 0) is 22.9 Å². The molecule has 1 aliphatic heterocycles. The lowest BCUT2D eigenvalue weighted by Crippen LogP contribution is -2.40. The van der Waals surface area contributed by atoms with Crippen molar-refractivity contribution in [1.82, 2.24) is 4.72 Å². The van der Waals surface area contributed by atoms with Gasteiger partial charge in [-0.25, -0.2) is 21.6 Å². The van der Waals surface area contributed by atoms with E-state index >= 15 is 0 Å². The first-order valence-electron chi connectivity index (χ1n) is 6.62. The molecule has 0 amide bonds. The molecule has 118 valence electrons. The second kappa shape index (κ2) is 5.49. The molecule has 0 bridgehead atoms. The van der Waals surface area contributed by atoms with Crippen LogP contribution in [-0.2, 0) is 19.9 Å². The smallest absolute Gasteiger partial charge is 0.229 e. The molecule has 2 aromatic rings. The zero-order valence-corrected chi connectivity index (χ0v) is 13.8. The van der Waals surface area contributed by atoms with Gasteiger partial charge in [0.15, 0.2) is 9.84 Å². The summed E-state index contributed by atoms with van der Waals surface area (Å²) in [5.41, 5.74) is 0. The van der Waals surface area contributed by atoms with Gasteiger partial charge >= 0.3 is 0 Å². The third-order valence-corrected chi connectivity index (χ3v) is 7.48. The summed E-state index contributed by atoms with van der Waals surface area (Å²) in [6, 6.07) is 11.4. The van der Waals surface area contributed by atoms with Gasteiger partial charge in [-0.3, -0.25) is 0 Å². The first kappa shape index (κ1) is 15.7. The fourth-order valence-corrected chi connectivity index (χ4v) is 6.56. The molecule has 2 aromatic carbocycles. The molecule has 0 radical (unpaired) electrons. The minimum absolute atomic E-state index is 0.0966. The van der Waals surface area contributed by atoms with E-state index in [2.05, 4.69) is 4.72 Å². The Hall–Kier alpha value is -1.15. The van der Waals surface area contributed by atoms with E-state index in [4.69, 9.17) is 11.6 Å². The van der Waals surface area contributed by atoms with Gasteiger partial charge in [-0.2, -0.15) is 0 Å². The molecule has 1 fully saturated rings. The zero-order valence-electron chi connectivity index (χ0n) is 11.4. The largest absolute Gasteiger partial charge is 0.240 e. The number of sulfone groups is 1. The highest BCUT2D eigenvalue weighted by atomic mass is 35.5. The van der Waals surface area contributed by atoms with Crippen molar-refractivity contribution in [2.45, 2.75) is 16.3 Å². The monoisotopic (exact) mass is 359 g/mol. The van der Waals surface area contributed by atoms with Crippen molar-refractivity contribution in [3.05, 3.63) is 42.5 Å². The number of sulfonamides is 1. The van der Waals surface area contributed by atoms with Crippen LogP contribution in [0.15, 0.2) is 47.4 Å². The van der Waals surface area contributed by atoms with E-state index in [1.54, 1.807) is 12.1 Å². The number of rotatable bonds is 3. The maximum Gasteiger partial charge on any atom is 0.240 e. The maximum absolute atomic E-state index is 12.4. The van der Waals surface area contributed by atoms with Gasteiger partial charge in [0.05, 0.1) is 27.8 Å². The summed E-state index contributed by atoms with van der Waals surface area (Å²) in [7, 11) is -7.11. The van der Waals surface area contributed by atoms with Crippen LogP contribution in [0, 0.1) is 0 Å². The Labute approximate surface area is 134 Å². The molecule has 0 saturated carbocycles. The minimum atomic E-state index is -3.82. The lowest BCUT2D eigenvalue weighted by molar-refractivity contribution is 0.563. The summed E-state index contributed by atoms with van der Waals surface area (Å²) in [4.78, 5) is 0.0966. The lowest BCUT2D eigenvalue weighted by atomic mass is 10.1. The Morgan fingerprint density at radius 3 is 2.36 bits per heavy atom. The lowest BCUT2D eigenvalue weighted by Gasteiger charge is -2.15.